The monoisotopic (exact) mass is 208 g/mol. The molecule has 0 aromatic heterocycles. The van der Waals surface area contributed by atoms with Crippen molar-refractivity contribution in [3.8, 4) is 0 Å². The lowest BCUT2D eigenvalue weighted by Crippen LogP contribution is -2.36. The zero-order valence-corrected chi connectivity index (χ0v) is 8.95. The lowest BCUT2D eigenvalue weighted by atomic mass is 9.94. The van der Waals surface area contributed by atoms with Gasteiger partial charge in [0.1, 0.15) is 0 Å². The SMILES string of the molecule is CC(=O)Nc1cccc(C(C)(N)CO)c1. The molecule has 0 spiro atoms. The third kappa shape index (κ3) is 3.04. The molecule has 15 heavy (non-hydrogen) atoms. The van der Waals surface area contributed by atoms with E-state index in [1.807, 2.05) is 6.07 Å². The zero-order valence-electron chi connectivity index (χ0n) is 8.95. The quantitative estimate of drug-likeness (QED) is 0.688. The molecule has 1 rings (SSSR count). The molecule has 0 heterocycles. The number of amides is 1. The third-order valence-corrected chi connectivity index (χ3v) is 2.17. The van der Waals surface area contributed by atoms with Gasteiger partial charge in [-0.05, 0) is 24.6 Å². The van der Waals surface area contributed by atoms with Crippen molar-refractivity contribution >= 4 is 11.6 Å². The lowest BCUT2D eigenvalue weighted by Gasteiger charge is -2.22. The van der Waals surface area contributed by atoms with Gasteiger partial charge in [0.2, 0.25) is 5.91 Å². The number of nitrogens with two attached hydrogens (primary N) is 1. The molecular weight excluding hydrogens is 192 g/mol. The second kappa shape index (κ2) is 4.42. The number of carbonyl (C=O) groups is 1. The van der Waals surface area contributed by atoms with E-state index < -0.39 is 5.54 Å². The lowest BCUT2D eigenvalue weighted by molar-refractivity contribution is -0.114. The maximum Gasteiger partial charge on any atom is 0.221 e. The molecule has 4 heteroatoms. The van der Waals surface area contributed by atoms with E-state index in [4.69, 9.17) is 10.8 Å². The second-order valence-corrected chi connectivity index (χ2v) is 3.84. The van der Waals surface area contributed by atoms with Crippen LogP contribution in [0.2, 0.25) is 0 Å². The summed E-state index contributed by atoms with van der Waals surface area (Å²) in [4.78, 5) is 10.9. The molecule has 0 saturated carbocycles. The Labute approximate surface area is 89.1 Å². The van der Waals surface area contributed by atoms with Crippen LogP contribution in [0, 0.1) is 0 Å². The molecule has 4 nitrogen and oxygen atoms in total. The fraction of sp³-hybridized carbons (Fsp3) is 0.364. The predicted molar refractivity (Wildman–Crippen MR) is 59.4 cm³/mol. The van der Waals surface area contributed by atoms with Crippen molar-refractivity contribution < 1.29 is 9.90 Å². The first-order chi connectivity index (χ1) is 6.95. The number of rotatable bonds is 3. The normalized spacial score (nSPS) is 14.4. The topological polar surface area (TPSA) is 75.4 Å². The van der Waals surface area contributed by atoms with Gasteiger partial charge in [-0.25, -0.2) is 0 Å². The van der Waals surface area contributed by atoms with Gasteiger partial charge >= 0.3 is 0 Å². The van der Waals surface area contributed by atoms with Gasteiger partial charge in [-0.15, -0.1) is 0 Å². The molecule has 0 bridgehead atoms. The van der Waals surface area contributed by atoms with Gasteiger partial charge in [0.25, 0.3) is 0 Å². The van der Waals surface area contributed by atoms with Crippen LogP contribution >= 0.6 is 0 Å². The first-order valence-corrected chi connectivity index (χ1v) is 4.73. The maximum atomic E-state index is 10.9. The van der Waals surface area contributed by atoms with E-state index in [0.29, 0.717) is 5.69 Å². The van der Waals surface area contributed by atoms with Crippen LogP contribution in [0.5, 0.6) is 0 Å². The number of hydrogen-bond donors (Lipinski definition) is 3. The van der Waals surface area contributed by atoms with Gasteiger partial charge in [0.05, 0.1) is 12.1 Å². The van der Waals surface area contributed by atoms with Gasteiger partial charge in [-0.1, -0.05) is 12.1 Å². The first-order valence-electron chi connectivity index (χ1n) is 4.73. The molecule has 0 aliphatic rings. The van der Waals surface area contributed by atoms with E-state index in [-0.39, 0.29) is 12.5 Å². The molecular formula is C11H16N2O2. The number of hydrogen-bond acceptors (Lipinski definition) is 3. The van der Waals surface area contributed by atoms with Gasteiger partial charge < -0.3 is 16.2 Å². The average Bonchev–Trinajstić information content (AvgIpc) is 2.17. The Balaban J connectivity index is 2.97. The molecule has 4 N–H and O–H groups in total. The van der Waals surface area contributed by atoms with Crippen LogP contribution in [-0.4, -0.2) is 17.6 Å². The second-order valence-electron chi connectivity index (χ2n) is 3.84. The van der Waals surface area contributed by atoms with Crippen molar-refractivity contribution in [2.75, 3.05) is 11.9 Å². The molecule has 1 unspecified atom stereocenters. The Kier molecular flexibility index (Phi) is 3.44. The van der Waals surface area contributed by atoms with Crippen LogP contribution < -0.4 is 11.1 Å². The summed E-state index contributed by atoms with van der Waals surface area (Å²) in [5, 5.41) is 11.8. The standard InChI is InChI=1S/C11H16N2O2/c1-8(15)13-10-5-3-4-9(6-10)11(2,12)7-14/h3-6,14H,7,12H2,1-2H3,(H,13,15). The van der Waals surface area contributed by atoms with Gasteiger partial charge in [0.15, 0.2) is 0 Å². The molecule has 82 valence electrons. The van der Waals surface area contributed by atoms with Crippen LogP contribution in [-0.2, 0) is 10.3 Å². The molecule has 1 atom stereocenters. The van der Waals surface area contributed by atoms with Crippen LogP contribution in [0.3, 0.4) is 0 Å². The van der Waals surface area contributed by atoms with E-state index in [2.05, 4.69) is 5.32 Å². The van der Waals surface area contributed by atoms with E-state index in [1.165, 1.54) is 6.92 Å². The Morgan fingerprint density at radius 3 is 2.80 bits per heavy atom. The molecule has 1 amide bonds. The van der Waals surface area contributed by atoms with Gasteiger partial charge in [-0.3, -0.25) is 4.79 Å². The summed E-state index contributed by atoms with van der Waals surface area (Å²) in [6.45, 7) is 3.04. The summed E-state index contributed by atoms with van der Waals surface area (Å²) >= 11 is 0. The Morgan fingerprint density at radius 1 is 1.60 bits per heavy atom. The summed E-state index contributed by atoms with van der Waals surface area (Å²) in [6.07, 6.45) is 0. The minimum atomic E-state index is -0.783. The van der Waals surface area contributed by atoms with Crippen molar-refractivity contribution in [3.05, 3.63) is 29.8 Å². The first kappa shape index (κ1) is 11.7. The summed E-state index contributed by atoms with van der Waals surface area (Å²) in [5.41, 5.74) is 6.56. The van der Waals surface area contributed by atoms with Gasteiger partial charge in [0, 0.05) is 12.6 Å². The van der Waals surface area contributed by atoms with Gasteiger partial charge in [-0.2, -0.15) is 0 Å². The fourth-order valence-corrected chi connectivity index (χ4v) is 1.25. The van der Waals surface area contributed by atoms with E-state index in [1.54, 1.807) is 25.1 Å². The third-order valence-electron chi connectivity index (χ3n) is 2.17. The van der Waals surface area contributed by atoms with Crippen molar-refractivity contribution in [2.24, 2.45) is 5.73 Å². The van der Waals surface area contributed by atoms with Crippen LogP contribution in [0.4, 0.5) is 5.69 Å². The highest BCUT2D eigenvalue weighted by Gasteiger charge is 2.19. The highest BCUT2D eigenvalue weighted by Crippen LogP contribution is 2.20. The minimum Gasteiger partial charge on any atom is -0.394 e. The largest absolute Gasteiger partial charge is 0.394 e. The molecule has 0 fully saturated rings. The highest BCUT2D eigenvalue weighted by atomic mass is 16.3. The summed E-state index contributed by atoms with van der Waals surface area (Å²) in [5.74, 6) is -0.130. The number of anilines is 1. The summed E-state index contributed by atoms with van der Waals surface area (Å²) in [6, 6.07) is 7.15. The molecule has 0 aliphatic heterocycles. The molecule has 1 aromatic rings. The van der Waals surface area contributed by atoms with Crippen LogP contribution in [0.1, 0.15) is 19.4 Å². The fourth-order valence-electron chi connectivity index (χ4n) is 1.25. The molecule has 0 radical (unpaired) electrons. The van der Waals surface area contributed by atoms with Crippen molar-refractivity contribution in [3.63, 3.8) is 0 Å². The summed E-state index contributed by atoms with van der Waals surface area (Å²) in [7, 11) is 0. The number of aliphatic hydroxyl groups excluding tert-OH is 1. The Morgan fingerprint density at radius 2 is 2.27 bits per heavy atom. The number of nitrogens with one attached hydrogen (secondary N) is 1. The number of carbonyl (C=O) groups excluding carboxylic acids is 1. The Bertz CT molecular complexity index is 361. The van der Waals surface area contributed by atoms with Crippen molar-refractivity contribution in [2.45, 2.75) is 19.4 Å². The maximum absolute atomic E-state index is 10.9. The molecule has 1 aromatic carbocycles. The zero-order chi connectivity index (χ0) is 11.5. The number of aliphatic hydroxyl groups is 1. The molecule has 0 aliphatic carbocycles. The van der Waals surface area contributed by atoms with E-state index in [9.17, 15) is 4.79 Å². The van der Waals surface area contributed by atoms with Crippen LogP contribution in [0.15, 0.2) is 24.3 Å². The van der Waals surface area contributed by atoms with E-state index >= 15 is 0 Å². The molecule has 0 saturated heterocycles. The Hall–Kier alpha value is -1.39. The van der Waals surface area contributed by atoms with E-state index in [0.717, 1.165) is 5.56 Å². The smallest absolute Gasteiger partial charge is 0.221 e. The van der Waals surface area contributed by atoms with Crippen molar-refractivity contribution in [1.82, 2.24) is 0 Å². The predicted octanol–water partition coefficient (Wildman–Crippen LogP) is 0.811. The summed E-state index contributed by atoms with van der Waals surface area (Å²) < 4.78 is 0. The average molecular weight is 208 g/mol. The minimum absolute atomic E-state index is 0.130. The number of benzene rings is 1. The van der Waals surface area contributed by atoms with Crippen molar-refractivity contribution in [1.29, 1.82) is 0 Å². The van der Waals surface area contributed by atoms with Crippen LogP contribution in [0.25, 0.3) is 0 Å². The highest BCUT2D eigenvalue weighted by molar-refractivity contribution is 5.88.